The second-order valence-electron chi connectivity index (χ2n) is 8.19. The number of carbonyl (C=O) groups excluding carboxylic acids is 1. The average molecular weight is 470 g/mol. The molecule has 1 N–H and O–H groups in total. The maximum atomic E-state index is 13.4. The predicted octanol–water partition coefficient (Wildman–Crippen LogP) is 5.58. The molecule has 168 valence electrons. The van der Waals surface area contributed by atoms with E-state index in [0.717, 1.165) is 33.0 Å². The van der Waals surface area contributed by atoms with E-state index in [1.807, 2.05) is 46.7 Å². The minimum Gasteiger partial charge on any atom is -0.356 e. The fourth-order valence-corrected chi connectivity index (χ4v) is 5.20. The lowest BCUT2D eigenvalue weighted by molar-refractivity contribution is -0.117. The van der Waals surface area contributed by atoms with Gasteiger partial charge in [0.25, 0.3) is 0 Å². The molecule has 6 nitrogen and oxygen atoms in total. The van der Waals surface area contributed by atoms with E-state index in [1.165, 1.54) is 23.5 Å². The quantitative estimate of drug-likeness (QED) is 0.365. The Balaban J connectivity index is 1.39. The van der Waals surface area contributed by atoms with Gasteiger partial charge in [-0.2, -0.15) is 5.10 Å². The highest BCUT2D eigenvalue weighted by Gasteiger charge is 2.42. The van der Waals surface area contributed by atoms with Crippen molar-refractivity contribution >= 4 is 39.0 Å². The van der Waals surface area contributed by atoms with Gasteiger partial charge in [0.1, 0.15) is 5.82 Å². The molecule has 1 fully saturated rings. The topological polar surface area (TPSA) is 63.1 Å². The van der Waals surface area contributed by atoms with Gasteiger partial charge in [-0.05, 0) is 48.0 Å². The Morgan fingerprint density at radius 2 is 1.79 bits per heavy atom. The van der Waals surface area contributed by atoms with Gasteiger partial charge >= 0.3 is 0 Å². The van der Waals surface area contributed by atoms with E-state index < -0.39 is 0 Å². The summed E-state index contributed by atoms with van der Waals surface area (Å²) in [5.41, 5.74) is 3.53. The maximum absolute atomic E-state index is 13.4. The van der Waals surface area contributed by atoms with E-state index in [9.17, 15) is 9.18 Å². The molecule has 0 aliphatic carbocycles. The van der Waals surface area contributed by atoms with Crippen LogP contribution in [0.4, 0.5) is 15.2 Å². The molecule has 1 aliphatic rings. The molecule has 1 unspecified atom stereocenters. The number of aromatic nitrogens is 3. The van der Waals surface area contributed by atoms with Crippen LogP contribution < -0.4 is 10.2 Å². The minimum absolute atomic E-state index is 0.0492. The number of anilines is 2. The summed E-state index contributed by atoms with van der Waals surface area (Å²) in [4.78, 5) is 19.5. The van der Waals surface area contributed by atoms with Gasteiger partial charge in [0.15, 0.2) is 5.13 Å². The maximum Gasteiger partial charge on any atom is 0.229 e. The fraction of sp³-hybridized carbons (Fsp3) is 0.115. The molecule has 0 radical (unpaired) electrons. The molecule has 1 amide bonds. The number of fused-ring (bicyclic) bond motifs is 1. The SMILES string of the molecule is O=C1C[C@H](Nc2nccs2)C(c2ccccc2)N1c1ccc2c(cnn2-c2ccc(F)cc2)c1. The Hall–Kier alpha value is -4.04. The summed E-state index contributed by atoms with van der Waals surface area (Å²) >= 11 is 1.52. The van der Waals surface area contributed by atoms with Crippen LogP contribution in [0.25, 0.3) is 16.6 Å². The van der Waals surface area contributed by atoms with Crippen molar-refractivity contribution in [2.45, 2.75) is 18.5 Å². The zero-order valence-electron chi connectivity index (χ0n) is 18.0. The molecular formula is C26H20FN5OS. The van der Waals surface area contributed by atoms with Crippen molar-refractivity contribution in [2.24, 2.45) is 0 Å². The van der Waals surface area contributed by atoms with Gasteiger partial charge in [-0.15, -0.1) is 11.3 Å². The molecule has 0 spiro atoms. The number of thiazole rings is 1. The van der Waals surface area contributed by atoms with Crippen LogP contribution in [0.3, 0.4) is 0 Å². The summed E-state index contributed by atoms with van der Waals surface area (Å²) in [7, 11) is 0. The molecule has 2 atom stereocenters. The molecule has 34 heavy (non-hydrogen) atoms. The van der Waals surface area contributed by atoms with Crippen LogP contribution >= 0.6 is 11.3 Å². The van der Waals surface area contributed by atoms with Gasteiger partial charge in [0.2, 0.25) is 5.91 Å². The van der Waals surface area contributed by atoms with E-state index >= 15 is 0 Å². The van der Waals surface area contributed by atoms with Crippen LogP contribution in [0.1, 0.15) is 18.0 Å². The third-order valence-corrected chi connectivity index (χ3v) is 6.81. The molecule has 3 heterocycles. The lowest BCUT2D eigenvalue weighted by atomic mass is 9.99. The molecule has 2 aromatic heterocycles. The average Bonchev–Trinajstić information content (AvgIpc) is 3.59. The number of carbonyl (C=O) groups is 1. The monoisotopic (exact) mass is 469 g/mol. The van der Waals surface area contributed by atoms with Crippen molar-refractivity contribution in [3.05, 3.63) is 102 Å². The number of hydrogen-bond donors (Lipinski definition) is 1. The molecular weight excluding hydrogens is 449 g/mol. The predicted molar refractivity (Wildman–Crippen MR) is 132 cm³/mol. The second-order valence-corrected chi connectivity index (χ2v) is 9.08. The van der Waals surface area contributed by atoms with Crippen LogP contribution in [-0.2, 0) is 4.79 Å². The lowest BCUT2D eigenvalue weighted by Gasteiger charge is -2.29. The van der Waals surface area contributed by atoms with Gasteiger partial charge in [-0.3, -0.25) is 4.79 Å². The van der Waals surface area contributed by atoms with E-state index in [4.69, 9.17) is 0 Å². The van der Waals surface area contributed by atoms with Crippen molar-refractivity contribution in [1.82, 2.24) is 14.8 Å². The summed E-state index contributed by atoms with van der Waals surface area (Å²) in [6, 6.07) is 21.9. The van der Waals surface area contributed by atoms with Crippen LogP contribution in [0.2, 0.25) is 0 Å². The summed E-state index contributed by atoms with van der Waals surface area (Å²) in [5.74, 6) is -0.240. The van der Waals surface area contributed by atoms with E-state index in [-0.39, 0.29) is 23.8 Å². The van der Waals surface area contributed by atoms with Gasteiger partial charge in [-0.1, -0.05) is 30.3 Å². The van der Waals surface area contributed by atoms with Crippen LogP contribution in [0.5, 0.6) is 0 Å². The number of amides is 1. The van der Waals surface area contributed by atoms with Gasteiger partial charge in [0.05, 0.1) is 29.5 Å². The van der Waals surface area contributed by atoms with Crippen LogP contribution in [0, 0.1) is 5.82 Å². The van der Waals surface area contributed by atoms with Crippen molar-refractivity contribution in [3.8, 4) is 5.69 Å². The summed E-state index contributed by atoms with van der Waals surface area (Å²) in [6.07, 6.45) is 3.89. The molecule has 1 aliphatic heterocycles. The Morgan fingerprint density at radius 1 is 1.00 bits per heavy atom. The molecule has 8 heteroatoms. The Bertz CT molecular complexity index is 1450. The fourth-order valence-electron chi connectivity index (χ4n) is 4.61. The van der Waals surface area contributed by atoms with Crippen molar-refractivity contribution in [2.75, 3.05) is 10.2 Å². The molecule has 0 bridgehead atoms. The number of rotatable bonds is 5. The molecule has 6 rings (SSSR count). The Labute approximate surface area is 199 Å². The highest BCUT2D eigenvalue weighted by molar-refractivity contribution is 7.13. The van der Waals surface area contributed by atoms with Gasteiger partial charge in [-0.25, -0.2) is 14.1 Å². The first kappa shape index (κ1) is 20.6. The number of hydrogen-bond acceptors (Lipinski definition) is 5. The lowest BCUT2D eigenvalue weighted by Crippen LogP contribution is -2.32. The number of benzene rings is 3. The highest BCUT2D eigenvalue weighted by atomic mass is 32.1. The third kappa shape index (κ3) is 3.62. The van der Waals surface area contributed by atoms with E-state index in [2.05, 4.69) is 27.5 Å². The summed E-state index contributed by atoms with van der Waals surface area (Å²) in [6.45, 7) is 0. The molecule has 0 saturated carbocycles. The molecule has 5 aromatic rings. The van der Waals surface area contributed by atoms with Crippen molar-refractivity contribution in [1.29, 1.82) is 0 Å². The summed E-state index contributed by atoms with van der Waals surface area (Å²) in [5, 5.41) is 11.6. The zero-order valence-corrected chi connectivity index (χ0v) is 18.8. The van der Waals surface area contributed by atoms with Crippen LogP contribution in [0.15, 0.2) is 90.6 Å². The number of halogens is 1. The largest absolute Gasteiger partial charge is 0.356 e. The Morgan fingerprint density at radius 3 is 2.56 bits per heavy atom. The van der Waals surface area contributed by atoms with Gasteiger partial charge < -0.3 is 10.2 Å². The normalized spacial score (nSPS) is 18.0. The van der Waals surface area contributed by atoms with E-state index in [1.54, 1.807) is 29.2 Å². The third-order valence-electron chi connectivity index (χ3n) is 6.11. The minimum atomic E-state index is -0.289. The molecule has 1 saturated heterocycles. The highest BCUT2D eigenvalue weighted by Crippen LogP contribution is 2.40. The first-order chi connectivity index (χ1) is 16.7. The number of nitrogens with zero attached hydrogens (tertiary/aromatic N) is 4. The van der Waals surface area contributed by atoms with Crippen molar-refractivity contribution in [3.63, 3.8) is 0 Å². The number of nitrogens with one attached hydrogen (secondary N) is 1. The Kier molecular flexibility index (Phi) is 5.07. The van der Waals surface area contributed by atoms with E-state index in [0.29, 0.717) is 6.42 Å². The standard InChI is InChI=1S/C26H20FN5OS/c27-19-6-8-20(9-7-19)32-23-11-10-21(14-18(23)16-29-32)31-24(33)15-22(30-26-28-12-13-34-26)25(31)17-4-2-1-3-5-17/h1-14,16,22,25H,15H2,(H,28,30)/t22-,25?/m0/s1. The first-order valence-electron chi connectivity index (χ1n) is 10.9. The molecule has 3 aromatic carbocycles. The first-order valence-corrected chi connectivity index (χ1v) is 11.8. The smallest absolute Gasteiger partial charge is 0.229 e. The second kappa shape index (κ2) is 8.39. The van der Waals surface area contributed by atoms with Crippen LogP contribution in [-0.4, -0.2) is 26.7 Å². The van der Waals surface area contributed by atoms with Gasteiger partial charge in [0, 0.05) is 29.1 Å². The zero-order chi connectivity index (χ0) is 23.1. The summed E-state index contributed by atoms with van der Waals surface area (Å²) < 4.78 is 15.1. The van der Waals surface area contributed by atoms with Crippen molar-refractivity contribution < 1.29 is 9.18 Å².